The van der Waals surface area contributed by atoms with Crippen LogP contribution in [-0.2, 0) is 4.79 Å². The second kappa shape index (κ2) is 8.41. The lowest BCUT2D eigenvalue weighted by molar-refractivity contribution is -0.113. The van der Waals surface area contributed by atoms with E-state index in [1.165, 1.54) is 6.92 Å². The lowest BCUT2D eigenvalue weighted by Gasteiger charge is -2.06. The summed E-state index contributed by atoms with van der Waals surface area (Å²) in [6.07, 6.45) is 0. The Hall–Kier alpha value is -3.26. The van der Waals surface area contributed by atoms with E-state index < -0.39 is 0 Å². The van der Waals surface area contributed by atoms with Crippen LogP contribution >= 0.6 is 11.8 Å². The maximum Gasteiger partial charge on any atom is 0.278 e. The van der Waals surface area contributed by atoms with Gasteiger partial charge >= 0.3 is 0 Å². The van der Waals surface area contributed by atoms with Crippen LogP contribution in [0.2, 0.25) is 0 Å². The maximum absolute atomic E-state index is 12.2. The Bertz CT molecular complexity index is 1030. The van der Waals surface area contributed by atoms with E-state index in [9.17, 15) is 14.4 Å². The van der Waals surface area contributed by atoms with Crippen molar-refractivity contribution in [1.29, 1.82) is 0 Å². The molecule has 3 aromatic rings. The van der Waals surface area contributed by atoms with Crippen LogP contribution in [-0.4, -0.2) is 32.6 Å². The first kappa shape index (κ1) is 18.5. The van der Waals surface area contributed by atoms with E-state index in [1.54, 1.807) is 36.4 Å². The number of thioether (sulfide) groups is 1. The molecule has 3 rings (SSSR count). The van der Waals surface area contributed by atoms with Gasteiger partial charge in [-0.25, -0.2) is 0 Å². The molecule has 27 heavy (non-hydrogen) atoms. The number of nitrogens with zero attached hydrogens (tertiary/aromatic N) is 2. The number of H-pyrrole nitrogens is 1. The molecule has 1 aromatic heterocycles. The number of carbonyl (C=O) groups is 2. The van der Waals surface area contributed by atoms with E-state index in [2.05, 4.69) is 20.5 Å². The van der Waals surface area contributed by atoms with Gasteiger partial charge in [-0.1, -0.05) is 54.2 Å². The number of rotatable bonds is 6. The molecule has 0 atom stereocenters. The molecule has 2 aromatic carbocycles. The van der Waals surface area contributed by atoms with Crippen molar-refractivity contribution in [2.45, 2.75) is 12.1 Å². The van der Waals surface area contributed by atoms with Gasteiger partial charge in [0.15, 0.2) is 16.6 Å². The van der Waals surface area contributed by atoms with Crippen LogP contribution < -0.4 is 10.9 Å². The highest BCUT2D eigenvalue weighted by atomic mass is 32.2. The summed E-state index contributed by atoms with van der Waals surface area (Å²) in [7, 11) is 0. The molecular weight excluding hydrogens is 364 g/mol. The molecule has 0 aliphatic heterocycles. The fourth-order valence-electron chi connectivity index (χ4n) is 2.32. The first-order valence-corrected chi connectivity index (χ1v) is 9.07. The summed E-state index contributed by atoms with van der Waals surface area (Å²) in [6, 6.07) is 15.7. The molecule has 0 unspecified atom stereocenters. The molecule has 0 aliphatic carbocycles. The van der Waals surface area contributed by atoms with E-state index in [-0.39, 0.29) is 33.9 Å². The average Bonchev–Trinajstić information content (AvgIpc) is 2.67. The number of Topliss-reactive ketones (excluding diaryl/α,β-unsaturated/α-hetero) is 1. The Morgan fingerprint density at radius 2 is 1.85 bits per heavy atom. The van der Waals surface area contributed by atoms with Gasteiger partial charge in [0.05, 0.1) is 5.75 Å². The zero-order valence-corrected chi connectivity index (χ0v) is 15.2. The molecule has 0 radical (unpaired) electrons. The molecule has 1 heterocycles. The minimum Gasteiger partial charge on any atom is -0.325 e. The van der Waals surface area contributed by atoms with E-state index >= 15 is 0 Å². The molecule has 0 fully saturated rings. The van der Waals surface area contributed by atoms with Gasteiger partial charge in [-0.05, 0) is 19.1 Å². The van der Waals surface area contributed by atoms with Crippen LogP contribution in [0.4, 0.5) is 5.69 Å². The summed E-state index contributed by atoms with van der Waals surface area (Å²) >= 11 is 1.07. The molecule has 2 N–H and O–H groups in total. The Morgan fingerprint density at radius 1 is 1.07 bits per heavy atom. The molecule has 0 spiro atoms. The number of benzene rings is 2. The Labute approximate surface area is 159 Å². The summed E-state index contributed by atoms with van der Waals surface area (Å²) in [5.41, 5.74) is 1.59. The number of amides is 1. The number of hydrogen-bond donors (Lipinski definition) is 2. The van der Waals surface area contributed by atoms with Crippen LogP contribution in [0.3, 0.4) is 0 Å². The van der Waals surface area contributed by atoms with Gasteiger partial charge in [-0.2, -0.15) is 0 Å². The zero-order valence-electron chi connectivity index (χ0n) is 14.4. The Balaban J connectivity index is 1.62. The summed E-state index contributed by atoms with van der Waals surface area (Å²) in [4.78, 5) is 38.3. The van der Waals surface area contributed by atoms with Crippen molar-refractivity contribution in [3.63, 3.8) is 0 Å². The standard InChI is InChI=1S/C19H16N4O3S/c1-12(24)14-8-5-9-15(10-14)20-16(25)11-27-19-21-18(26)17(22-23-19)13-6-3-2-4-7-13/h2-10H,11H2,1H3,(H,20,25)(H,21,23,26). The molecule has 0 bridgehead atoms. The van der Waals surface area contributed by atoms with E-state index in [1.807, 2.05) is 18.2 Å². The van der Waals surface area contributed by atoms with Crippen molar-refractivity contribution in [3.05, 3.63) is 70.5 Å². The van der Waals surface area contributed by atoms with Crippen LogP contribution in [0.15, 0.2) is 64.5 Å². The second-order valence-electron chi connectivity index (χ2n) is 5.65. The number of carbonyl (C=O) groups excluding carboxylic acids is 2. The lowest BCUT2D eigenvalue weighted by atomic mass is 10.1. The highest BCUT2D eigenvalue weighted by molar-refractivity contribution is 7.99. The molecule has 0 saturated heterocycles. The number of ketones is 1. The highest BCUT2D eigenvalue weighted by Gasteiger charge is 2.10. The normalized spacial score (nSPS) is 10.4. The minimum absolute atomic E-state index is 0.0413. The average molecular weight is 380 g/mol. The first-order valence-electron chi connectivity index (χ1n) is 8.09. The third-order valence-electron chi connectivity index (χ3n) is 3.62. The van der Waals surface area contributed by atoms with Crippen molar-refractivity contribution in [2.24, 2.45) is 0 Å². The molecule has 0 aliphatic rings. The van der Waals surface area contributed by atoms with Crippen LogP contribution in [0.1, 0.15) is 17.3 Å². The lowest BCUT2D eigenvalue weighted by Crippen LogP contribution is -2.17. The number of aromatic nitrogens is 3. The van der Waals surface area contributed by atoms with Crippen LogP contribution in [0.5, 0.6) is 0 Å². The largest absolute Gasteiger partial charge is 0.325 e. The fourth-order valence-corrected chi connectivity index (χ4v) is 2.92. The third kappa shape index (κ3) is 4.89. The molecular formula is C19H16N4O3S. The van der Waals surface area contributed by atoms with Crippen molar-refractivity contribution in [1.82, 2.24) is 15.2 Å². The van der Waals surface area contributed by atoms with E-state index in [4.69, 9.17) is 0 Å². The topological polar surface area (TPSA) is 105 Å². The summed E-state index contributed by atoms with van der Waals surface area (Å²) in [6.45, 7) is 1.46. The third-order valence-corrected chi connectivity index (χ3v) is 4.48. The summed E-state index contributed by atoms with van der Waals surface area (Å²) < 4.78 is 0. The monoisotopic (exact) mass is 380 g/mol. The number of aromatic amines is 1. The SMILES string of the molecule is CC(=O)c1cccc(NC(=O)CSc2nnc(-c3ccccc3)c(=O)[nH]2)c1. The molecule has 7 nitrogen and oxygen atoms in total. The van der Waals surface area contributed by atoms with Gasteiger partial charge in [-0.3, -0.25) is 19.4 Å². The zero-order chi connectivity index (χ0) is 19.2. The fraction of sp³-hybridized carbons (Fsp3) is 0.105. The van der Waals surface area contributed by atoms with Crippen LogP contribution in [0, 0.1) is 0 Å². The minimum atomic E-state index is -0.367. The number of nitrogens with one attached hydrogen (secondary N) is 2. The second-order valence-corrected chi connectivity index (χ2v) is 6.61. The quantitative estimate of drug-likeness (QED) is 0.503. The molecule has 8 heteroatoms. The van der Waals surface area contributed by atoms with Gasteiger partial charge in [0, 0.05) is 16.8 Å². The van der Waals surface area contributed by atoms with Crippen molar-refractivity contribution < 1.29 is 9.59 Å². The predicted molar refractivity (Wildman–Crippen MR) is 104 cm³/mol. The van der Waals surface area contributed by atoms with Gasteiger partial charge in [0.2, 0.25) is 5.91 Å². The van der Waals surface area contributed by atoms with E-state index in [0.717, 1.165) is 11.8 Å². The summed E-state index contributed by atoms with van der Waals surface area (Å²) in [5, 5.41) is 10.9. The summed E-state index contributed by atoms with van der Waals surface area (Å²) in [5.74, 6) is -0.318. The van der Waals surface area contributed by atoms with Gasteiger partial charge < -0.3 is 5.32 Å². The number of anilines is 1. The van der Waals surface area contributed by atoms with E-state index in [0.29, 0.717) is 16.8 Å². The molecule has 1 amide bonds. The van der Waals surface area contributed by atoms with Crippen molar-refractivity contribution >= 4 is 29.1 Å². The predicted octanol–water partition coefficient (Wildman–Crippen LogP) is 2.77. The van der Waals surface area contributed by atoms with Crippen molar-refractivity contribution in [2.75, 3.05) is 11.1 Å². The molecule has 0 saturated carbocycles. The van der Waals surface area contributed by atoms with Crippen LogP contribution in [0.25, 0.3) is 11.3 Å². The van der Waals surface area contributed by atoms with Gasteiger partial charge in [0.1, 0.15) is 0 Å². The van der Waals surface area contributed by atoms with Crippen molar-refractivity contribution in [3.8, 4) is 11.3 Å². The number of hydrogen-bond acceptors (Lipinski definition) is 6. The Kier molecular flexibility index (Phi) is 5.77. The Morgan fingerprint density at radius 3 is 2.56 bits per heavy atom. The van der Waals surface area contributed by atoms with Gasteiger partial charge in [0.25, 0.3) is 5.56 Å². The highest BCUT2D eigenvalue weighted by Crippen LogP contribution is 2.15. The smallest absolute Gasteiger partial charge is 0.278 e. The van der Waals surface area contributed by atoms with Gasteiger partial charge in [-0.15, -0.1) is 10.2 Å². The first-order chi connectivity index (χ1) is 13.0. The molecule has 136 valence electrons. The maximum atomic E-state index is 12.2.